The maximum atomic E-state index is 13.5. The second-order valence-electron chi connectivity index (χ2n) is 4.73. The van der Waals surface area contributed by atoms with E-state index in [4.69, 9.17) is 28.3 Å². The summed E-state index contributed by atoms with van der Waals surface area (Å²) in [6.45, 7) is 2.78. The topological polar surface area (TPSA) is 83.5 Å². The van der Waals surface area contributed by atoms with Gasteiger partial charge in [-0.2, -0.15) is 0 Å². The van der Waals surface area contributed by atoms with Crippen molar-refractivity contribution in [3.63, 3.8) is 0 Å². The maximum absolute atomic E-state index is 13.5. The molecule has 0 aliphatic carbocycles. The molecular formula is C11H12Cl2FNO4S. The van der Waals surface area contributed by atoms with E-state index in [1.165, 1.54) is 13.8 Å². The van der Waals surface area contributed by atoms with Crippen LogP contribution < -0.4 is 4.72 Å². The van der Waals surface area contributed by atoms with E-state index in [0.717, 1.165) is 12.1 Å². The molecule has 112 valence electrons. The van der Waals surface area contributed by atoms with Crippen molar-refractivity contribution in [3.8, 4) is 0 Å². The Bertz CT molecular complexity index is 646. The van der Waals surface area contributed by atoms with Crippen LogP contribution in [-0.4, -0.2) is 25.0 Å². The van der Waals surface area contributed by atoms with Gasteiger partial charge in [-0.1, -0.05) is 23.2 Å². The van der Waals surface area contributed by atoms with Crippen LogP contribution in [0.25, 0.3) is 0 Å². The normalized spacial score (nSPS) is 12.4. The molecule has 1 rings (SSSR count). The van der Waals surface area contributed by atoms with Gasteiger partial charge in [0.05, 0.1) is 16.5 Å². The molecule has 0 bridgehead atoms. The monoisotopic (exact) mass is 343 g/mol. The molecule has 0 aromatic heterocycles. The van der Waals surface area contributed by atoms with Crippen LogP contribution in [0.3, 0.4) is 0 Å². The van der Waals surface area contributed by atoms with Gasteiger partial charge in [0, 0.05) is 5.54 Å². The highest BCUT2D eigenvalue weighted by molar-refractivity contribution is 7.89. The minimum atomic E-state index is -4.18. The number of benzene rings is 1. The van der Waals surface area contributed by atoms with Crippen LogP contribution in [0.2, 0.25) is 10.0 Å². The van der Waals surface area contributed by atoms with E-state index >= 15 is 0 Å². The zero-order chi connectivity index (χ0) is 15.7. The first kappa shape index (κ1) is 17.2. The molecule has 0 aliphatic rings. The Kier molecular flexibility index (Phi) is 5.02. The highest BCUT2D eigenvalue weighted by atomic mass is 35.5. The van der Waals surface area contributed by atoms with Gasteiger partial charge in [-0.25, -0.2) is 17.5 Å². The third-order valence-corrected chi connectivity index (χ3v) is 4.81. The van der Waals surface area contributed by atoms with Crippen molar-refractivity contribution < 1.29 is 22.7 Å². The van der Waals surface area contributed by atoms with E-state index in [2.05, 4.69) is 4.72 Å². The number of hydrogen-bond donors (Lipinski definition) is 2. The lowest BCUT2D eigenvalue weighted by atomic mass is 10.0. The molecule has 0 saturated heterocycles. The Balaban J connectivity index is 3.19. The Hall–Kier alpha value is -0.890. The Labute approximate surface area is 125 Å². The third-order valence-electron chi connectivity index (χ3n) is 2.29. The summed E-state index contributed by atoms with van der Waals surface area (Å²) in [4.78, 5) is 10.2. The lowest BCUT2D eigenvalue weighted by molar-refractivity contribution is -0.138. The van der Waals surface area contributed by atoms with Crippen molar-refractivity contribution >= 4 is 39.2 Å². The summed E-state index contributed by atoms with van der Waals surface area (Å²) in [7, 11) is -4.18. The molecule has 0 unspecified atom stereocenters. The summed E-state index contributed by atoms with van der Waals surface area (Å²) in [6, 6.07) is 2.11. The van der Waals surface area contributed by atoms with Gasteiger partial charge in [-0.3, -0.25) is 4.79 Å². The fraction of sp³-hybridized carbons (Fsp3) is 0.364. The molecule has 20 heavy (non-hydrogen) atoms. The van der Waals surface area contributed by atoms with Crippen molar-refractivity contribution in [1.29, 1.82) is 0 Å². The average molecular weight is 344 g/mol. The van der Waals surface area contributed by atoms with E-state index in [-0.39, 0.29) is 5.02 Å². The number of halogens is 3. The van der Waals surface area contributed by atoms with Gasteiger partial charge in [0.1, 0.15) is 4.90 Å². The van der Waals surface area contributed by atoms with Crippen LogP contribution in [-0.2, 0) is 14.8 Å². The quantitative estimate of drug-likeness (QED) is 0.805. The van der Waals surface area contributed by atoms with Gasteiger partial charge >= 0.3 is 5.97 Å². The van der Waals surface area contributed by atoms with E-state index < -0.39 is 43.7 Å². The van der Waals surface area contributed by atoms with Crippen molar-refractivity contribution in [1.82, 2.24) is 4.72 Å². The van der Waals surface area contributed by atoms with Gasteiger partial charge in [-0.15, -0.1) is 0 Å². The summed E-state index contributed by atoms with van der Waals surface area (Å²) in [5.41, 5.74) is -1.26. The average Bonchev–Trinajstić information content (AvgIpc) is 2.21. The second-order valence-corrected chi connectivity index (χ2v) is 7.17. The zero-order valence-corrected chi connectivity index (χ0v) is 12.9. The summed E-state index contributed by atoms with van der Waals surface area (Å²) in [6.07, 6.45) is -0.445. The van der Waals surface area contributed by atoms with Gasteiger partial charge in [-0.05, 0) is 26.0 Å². The fourth-order valence-corrected chi connectivity index (χ4v) is 3.71. The first-order valence-electron chi connectivity index (χ1n) is 5.35. The lowest BCUT2D eigenvalue weighted by Gasteiger charge is -2.24. The second kappa shape index (κ2) is 5.85. The number of carbonyl (C=O) groups is 1. The molecule has 0 radical (unpaired) electrons. The number of rotatable bonds is 5. The van der Waals surface area contributed by atoms with Crippen LogP contribution in [0.4, 0.5) is 4.39 Å². The first-order valence-corrected chi connectivity index (χ1v) is 7.59. The lowest BCUT2D eigenvalue weighted by Crippen LogP contribution is -2.44. The number of sulfonamides is 1. The number of hydrogen-bond acceptors (Lipinski definition) is 3. The molecule has 9 heteroatoms. The summed E-state index contributed by atoms with van der Waals surface area (Å²) >= 11 is 11.1. The molecule has 2 N–H and O–H groups in total. The van der Waals surface area contributed by atoms with Crippen LogP contribution in [0.15, 0.2) is 17.0 Å². The number of aliphatic carboxylic acids is 1. The molecule has 0 aliphatic heterocycles. The highest BCUT2D eigenvalue weighted by Gasteiger charge is 2.30. The standard InChI is InChI=1S/C11H12Cl2FNO4S/c1-11(2,5-8(16)17)15-20(18,19)7-4-3-6(12)10(14)9(7)13/h3-4,15H,5H2,1-2H3,(H,16,17). The third kappa shape index (κ3) is 4.05. The molecule has 0 amide bonds. The van der Waals surface area contributed by atoms with Crippen LogP contribution in [0, 0.1) is 5.82 Å². The minimum absolute atomic E-state index is 0.307. The van der Waals surface area contributed by atoms with Gasteiger partial charge in [0.2, 0.25) is 10.0 Å². The molecule has 0 atom stereocenters. The highest BCUT2D eigenvalue weighted by Crippen LogP contribution is 2.30. The number of carboxylic acids is 1. The van der Waals surface area contributed by atoms with E-state index in [0.29, 0.717) is 0 Å². The van der Waals surface area contributed by atoms with Crippen LogP contribution in [0.1, 0.15) is 20.3 Å². The zero-order valence-electron chi connectivity index (χ0n) is 10.6. The fourth-order valence-electron chi connectivity index (χ4n) is 1.55. The SMILES string of the molecule is CC(C)(CC(=O)O)NS(=O)(=O)c1ccc(Cl)c(F)c1Cl. The van der Waals surface area contributed by atoms with Crippen LogP contribution >= 0.6 is 23.2 Å². The summed E-state index contributed by atoms with van der Waals surface area (Å²) < 4.78 is 39.9. The van der Waals surface area contributed by atoms with E-state index in [1.54, 1.807) is 0 Å². The van der Waals surface area contributed by atoms with Crippen molar-refractivity contribution in [2.24, 2.45) is 0 Å². The molecule has 0 spiro atoms. The summed E-state index contributed by atoms with van der Waals surface area (Å²) in [5, 5.41) is 7.76. The predicted molar refractivity (Wildman–Crippen MR) is 73.1 cm³/mol. The Morgan fingerprint density at radius 3 is 2.45 bits per heavy atom. The Morgan fingerprint density at radius 1 is 1.40 bits per heavy atom. The minimum Gasteiger partial charge on any atom is -0.481 e. The molecule has 0 heterocycles. The van der Waals surface area contributed by atoms with Crippen LogP contribution in [0.5, 0.6) is 0 Å². The molecule has 0 saturated carbocycles. The largest absolute Gasteiger partial charge is 0.481 e. The summed E-state index contributed by atoms with van der Waals surface area (Å²) in [5.74, 6) is -2.22. The van der Waals surface area contributed by atoms with E-state index in [1.807, 2.05) is 0 Å². The maximum Gasteiger partial charge on any atom is 0.305 e. The molecule has 1 aromatic carbocycles. The van der Waals surface area contributed by atoms with E-state index in [9.17, 15) is 17.6 Å². The first-order chi connectivity index (χ1) is 8.96. The van der Waals surface area contributed by atoms with Crippen molar-refractivity contribution in [2.75, 3.05) is 0 Å². The number of carboxylic acid groups (broad SMARTS) is 1. The van der Waals surface area contributed by atoms with Gasteiger partial charge in [0.25, 0.3) is 0 Å². The van der Waals surface area contributed by atoms with Crippen molar-refractivity contribution in [3.05, 3.63) is 28.0 Å². The Morgan fingerprint density at radius 2 is 1.95 bits per heavy atom. The predicted octanol–water partition coefficient (Wildman–Crippen LogP) is 2.66. The smallest absolute Gasteiger partial charge is 0.305 e. The molecule has 1 aromatic rings. The molecule has 5 nitrogen and oxygen atoms in total. The van der Waals surface area contributed by atoms with Crippen molar-refractivity contribution in [2.45, 2.75) is 30.7 Å². The van der Waals surface area contributed by atoms with Gasteiger partial charge < -0.3 is 5.11 Å². The number of nitrogens with one attached hydrogen (secondary N) is 1. The molecular weight excluding hydrogens is 332 g/mol. The molecule has 0 fully saturated rings. The van der Waals surface area contributed by atoms with Gasteiger partial charge in [0.15, 0.2) is 5.82 Å².